The largest absolute Gasteiger partial charge is 0.506 e. The van der Waals surface area contributed by atoms with Gasteiger partial charge in [0.05, 0.1) is 11.2 Å². The number of para-hydroxylation sites is 1. The topological polar surface area (TPSA) is 61.3 Å². The Labute approximate surface area is 147 Å². The van der Waals surface area contributed by atoms with Crippen LogP contribution in [-0.2, 0) is 0 Å². The molecule has 0 unspecified atom stereocenters. The average Bonchev–Trinajstić information content (AvgIpc) is 2.65. The molecular weight excluding hydrogens is 312 g/mol. The standard InChI is InChI=1S/C20H22N4O/c1-14-9-10-18(25)17(13-14)22-20-21-16-8-4-3-7-15(16)19(23-20)24-11-5-2-6-12-24/h3-4,7-10,13,25H,2,5-6,11-12H2,1H3,(H,21,22,23). The number of fused-ring (bicyclic) bond motifs is 1. The summed E-state index contributed by atoms with van der Waals surface area (Å²) in [6.45, 7) is 4.04. The third kappa shape index (κ3) is 3.22. The van der Waals surface area contributed by atoms with Gasteiger partial charge in [0.15, 0.2) is 0 Å². The molecule has 2 heterocycles. The fourth-order valence-corrected chi connectivity index (χ4v) is 3.33. The van der Waals surface area contributed by atoms with E-state index in [0.717, 1.165) is 35.4 Å². The van der Waals surface area contributed by atoms with Crippen molar-refractivity contribution in [1.82, 2.24) is 9.97 Å². The highest BCUT2D eigenvalue weighted by Crippen LogP contribution is 2.31. The Bertz CT molecular complexity index is 903. The number of phenolic OH excluding ortho intramolecular Hbond substituents is 1. The zero-order valence-corrected chi connectivity index (χ0v) is 14.4. The van der Waals surface area contributed by atoms with Crippen molar-refractivity contribution >= 4 is 28.4 Å². The van der Waals surface area contributed by atoms with Gasteiger partial charge in [-0.1, -0.05) is 18.2 Å². The van der Waals surface area contributed by atoms with Crippen molar-refractivity contribution in [2.45, 2.75) is 26.2 Å². The molecule has 0 spiro atoms. The predicted molar refractivity (Wildman–Crippen MR) is 102 cm³/mol. The molecule has 1 saturated heterocycles. The lowest BCUT2D eigenvalue weighted by Gasteiger charge is -2.29. The van der Waals surface area contributed by atoms with Gasteiger partial charge in [-0.25, -0.2) is 4.98 Å². The monoisotopic (exact) mass is 334 g/mol. The Morgan fingerprint density at radius 1 is 1.00 bits per heavy atom. The third-order valence-corrected chi connectivity index (χ3v) is 4.64. The molecular formula is C20H22N4O. The van der Waals surface area contributed by atoms with E-state index in [1.807, 2.05) is 37.3 Å². The van der Waals surface area contributed by atoms with Gasteiger partial charge in [-0.05, 0) is 56.0 Å². The van der Waals surface area contributed by atoms with Gasteiger partial charge in [-0.15, -0.1) is 0 Å². The molecule has 1 aliphatic rings. The number of nitrogens with one attached hydrogen (secondary N) is 1. The highest BCUT2D eigenvalue weighted by molar-refractivity contribution is 5.91. The van der Waals surface area contributed by atoms with Crippen LogP contribution in [0.5, 0.6) is 5.75 Å². The SMILES string of the molecule is Cc1ccc(O)c(Nc2nc(N3CCCCC3)c3ccccc3n2)c1. The first kappa shape index (κ1) is 15.7. The van der Waals surface area contributed by atoms with Crippen LogP contribution >= 0.6 is 0 Å². The maximum absolute atomic E-state index is 10.1. The first-order chi connectivity index (χ1) is 12.2. The van der Waals surface area contributed by atoms with Crippen molar-refractivity contribution in [3.8, 4) is 5.75 Å². The lowest BCUT2D eigenvalue weighted by molar-refractivity contribution is 0.477. The van der Waals surface area contributed by atoms with Crippen molar-refractivity contribution in [3.05, 3.63) is 48.0 Å². The Hall–Kier alpha value is -2.82. The van der Waals surface area contributed by atoms with Crippen LogP contribution in [0.15, 0.2) is 42.5 Å². The molecule has 0 aliphatic carbocycles. The molecule has 25 heavy (non-hydrogen) atoms. The van der Waals surface area contributed by atoms with E-state index in [0.29, 0.717) is 11.6 Å². The second-order valence-electron chi connectivity index (χ2n) is 6.58. The minimum absolute atomic E-state index is 0.196. The summed E-state index contributed by atoms with van der Waals surface area (Å²) < 4.78 is 0. The second kappa shape index (κ2) is 6.59. The lowest BCUT2D eigenvalue weighted by atomic mass is 10.1. The number of aromatic nitrogens is 2. The van der Waals surface area contributed by atoms with Gasteiger partial charge in [0.2, 0.25) is 5.95 Å². The summed E-state index contributed by atoms with van der Waals surface area (Å²) in [5.74, 6) is 1.68. The molecule has 3 aromatic rings. The Balaban J connectivity index is 1.77. The van der Waals surface area contributed by atoms with Gasteiger partial charge in [0, 0.05) is 18.5 Å². The number of hydrogen-bond donors (Lipinski definition) is 2. The van der Waals surface area contributed by atoms with Crippen molar-refractivity contribution in [2.24, 2.45) is 0 Å². The van der Waals surface area contributed by atoms with E-state index in [-0.39, 0.29) is 5.75 Å². The van der Waals surface area contributed by atoms with Gasteiger partial charge in [-0.2, -0.15) is 4.98 Å². The van der Waals surface area contributed by atoms with E-state index < -0.39 is 0 Å². The fourth-order valence-electron chi connectivity index (χ4n) is 3.33. The third-order valence-electron chi connectivity index (χ3n) is 4.64. The molecule has 2 aromatic carbocycles. The molecule has 2 N–H and O–H groups in total. The summed E-state index contributed by atoms with van der Waals surface area (Å²) in [5.41, 5.74) is 2.60. The number of piperidine rings is 1. The summed E-state index contributed by atoms with van der Waals surface area (Å²) >= 11 is 0. The van der Waals surface area contributed by atoms with E-state index in [9.17, 15) is 5.11 Å². The second-order valence-corrected chi connectivity index (χ2v) is 6.58. The van der Waals surface area contributed by atoms with Crippen LogP contribution in [0.25, 0.3) is 10.9 Å². The molecule has 0 bridgehead atoms. The first-order valence-electron chi connectivity index (χ1n) is 8.79. The number of benzene rings is 2. The van der Waals surface area contributed by atoms with Gasteiger partial charge in [0.1, 0.15) is 11.6 Å². The highest BCUT2D eigenvalue weighted by Gasteiger charge is 2.17. The van der Waals surface area contributed by atoms with Crippen LogP contribution in [0.3, 0.4) is 0 Å². The van der Waals surface area contributed by atoms with Crippen LogP contribution in [0.4, 0.5) is 17.5 Å². The predicted octanol–water partition coefficient (Wildman–Crippen LogP) is 4.38. The van der Waals surface area contributed by atoms with E-state index in [4.69, 9.17) is 4.98 Å². The maximum Gasteiger partial charge on any atom is 0.229 e. The number of phenols is 1. The number of nitrogens with zero attached hydrogens (tertiary/aromatic N) is 3. The number of hydrogen-bond acceptors (Lipinski definition) is 5. The molecule has 1 fully saturated rings. The molecule has 128 valence electrons. The van der Waals surface area contributed by atoms with Gasteiger partial charge in [0.25, 0.3) is 0 Å². The van der Waals surface area contributed by atoms with E-state index in [1.54, 1.807) is 6.07 Å². The van der Waals surface area contributed by atoms with Crippen LogP contribution in [0.2, 0.25) is 0 Å². The Kier molecular flexibility index (Phi) is 4.14. The molecule has 5 nitrogen and oxygen atoms in total. The molecule has 0 saturated carbocycles. The smallest absolute Gasteiger partial charge is 0.229 e. The number of rotatable bonds is 3. The van der Waals surface area contributed by atoms with Gasteiger partial charge in [-0.3, -0.25) is 0 Å². The number of aromatic hydroxyl groups is 1. The molecule has 0 amide bonds. The van der Waals surface area contributed by atoms with E-state index >= 15 is 0 Å². The summed E-state index contributed by atoms with van der Waals surface area (Å²) in [6, 6.07) is 13.6. The summed E-state index contributed by atoms with van der Waals surface area (Å²) in [6.07, 6.45) is 3.67. The van der Waals surface area contributed by atoms with Gasteiger partial charge >= 0.3 is 0 Å². The van der Waals surface area contributed by atoms with Crippen molar-refractivity contribution in [3.63, 3.8) is 0 Å². The zero-order valence-electron chi connectivity index (χ0n) is 14.4. The van der Waals surface area contributed by atoms with Crippen molar-refractivity contribution in [2.75, 3.05) is 23.3 Å². The highest BCUT2D eigenvalue weighted by atomic mass is 16.3. The number of aryl methyl sites for hydroxylation is 1. The van der Waals surface area contributed by atoms with Crippen molar-refractivity contribution < 1.29 is 5.11 Å². The maximum atomic E-state index is 10.1. The average molecular weight is 334 g/mol. The minimum atomic E-state index is 0.196. The van der Waals surface area contributed by atoms with E-state index in [1.165, 1.54) is 19.3 Å². The van der Waals surface area contributed by atoms with Gasteiger partial charge < -0.3 is 15.3 Å². The molecule has 0 radical (unpaired) electrons. The molecule has 4 rings (SSSR count). The van der Waals surface area contributed by atoms with Crippen molar-refractivity contribution in [1.29, 1.82) is 0 Å². The van der Waals surface area contributed by atoms with Crippen LogP contribution in [0.1, 0.15) is 24.8 Å². The molecule has 1 aromatic heterocycles. The zero-order chi connectivity index (χ0) is 17.2. The quantitative estimate of drug-likeness (QED) is 0.696. The fraction of sp³-hybridized carbons (Fsp3) is 0.300. The minimum Gasteiger partial charge on any atom is -0.506 e. The van der Waals surface area contributed by atoms with Crippen LogP contribution < -0.4 is 10.2 Å². The summed E-state index contributed by atoms with van der Waals surface area (Å²) in [4.78, 5) is 11.8. The molecule has 0 atom stereocenters. The number of anilines is 3. The normalized spacial score (nSPS) is 14.7. The molecule has 1 aliphatic heterocycles. The molecule has 5 heteroatoms. The Morgan fingerprint density at radius 3 is 2.64 bits per heavy atom. The lowest BCUT2D eigenvalue weighted by Crippen LogP contribution is -2.30. The summed E-state index contributed by atoms with van der Waals surface area (Å²) in [7, 11) is 0. The first-order valence-corrected chi connectivity index (χ1v) is 8.79. The summed E-state index contributed by atoms with van der Waals surface area (Å²) in [5, 5.41) is 14.4. The Morgan fingerprint density at radius 2 is 1.80 bits per heavy atom. The van der Waals surface area contributed by atoms with Crippen LogP contribution in [0, 0.1) is 6.92 Å². The van der Waals surface area contributed by atoms with Crippen LogP contribution in [-0.4, -0.2) is 28.2 Å². The van der Waals surface area contributed by atoms with E-state index in [2.05, 4.69) is 21.3 Å².